The summed E-state index contributed by atoms with van der Waals surface area (Å²) in [4.78, 5) is 0. The van der Waals surface area contributed by atoms with Gasteiger partial charge in [0.05, 0.1) is 13.2 Å². The molecule has 0 aromatic heterocycles. The van der Waals surface area contributed by atoms with Crippen molar-refractivity contribution in [2.45, 2.75) is 33.0 Å². The van der Waals surface area contributed by atoms with Crippen molar-refractivity contribution in [1.29, 1.82) is 0 Å². The van der Waals surface area contributed by atoms with E-state index in [0.717, 1.165) is 36.4 Å². The number of hydrogen-bond donors (Lipinski definition) is 2. The second-order valence-electron chi connectivity index (χ2n) is 5.18. The van der Waals surface area contributed by atoms with Gasteiger partial charge in [-0.05, 0) is 41.8 Å². The van der Waals surface area contributed by atoms with E-state index in [9.17, 15) is 4.39 Å². The minimum Gasteiger partial charge on any atom is -0.494 e. The lowest BCUT2D eigenvalue weighted by atomic mass is 10.1. The second kappa shape index (κ2) is 8.51. The predicted molar refractivity (Wildman–Crippen MR) is 85.1 cm³/mol. The topological polar surface area (TPSA) is 41.5 Å². The molecule has 0 aliphatic rings. The summed E-state index contributed by atoms with van der Waals surface area (Å²) in [6, 6.07) is 12.8. The van der Waals surface area contributed by atoms with Crippen LogP contribution in [0.15, 0.2) is 42.5 Å². The molecule has 0 radical (unpaired) electrons. The Kier molecular flexibility index (Phi) is 6.37. The predicted octanol–water partition coefficient (Wildman–Crippen LogP) is 3.40. The molecule has 2 aromatic carbocycles. The number of nitrogens with one attached hydrogen (secondary N) is 1. The third-order valence-corrected chi connectivity index (χ3v) is 3.33. The van der Waals surface area contributed by atoms with Crippen molar-refractivity contribution in [3.63, 3.8) is 0 Å². The van der Waals surface area contributed by atoms with Crippen molar-refractivity contribution in [1.82, 2.24) is 5.32 Å². The van der Waals surface area contributed by atoms with Gasteiger partial charge in [0.25, 0.3) is 0 Å². The maximum Gasteiger partial charge on any atom is 0.128 e. The molecule has 0 atom stereocenters. The lowest BCUT2D eigenvalue weighted by Gasteiger charge is -2.08. The Hall–Kier alpha value is -1.91. The third kappa shape index (κ3) is 4.83. The summed E-state index contributed by atoms with van der Waals surface area (Å²) in [7, 11) is 0. The maximum atomic E-state index is 13.3. The van der Waals surface area contributed by atoms with E-state index in [0.29, 0.717) is 12.1 Å². The van der Waals surface area contributed by atoms with Crippen LogP contribution in [0.1, 0.15) is 30.0 Å². The average molecular weight is 303 g/mol. The first-order chi connectivity index (χ1) is 10.7. The van der Waals surface area contributed by atoms with Crippen LogP contribution in [-0.4, -0.2) is 11.7 Å². The highest BCUT2D eigenvalue weighted by Crippen LogP contribution is 2.13. The maximum absolute atomic E-state index is 13.3. The van der Waals surface area contributed by atoms with E-state index in [2.05, 4.69) is 12.2 Å². The van der Waals surface area contributed by atoms with Gasteiger partial charge in [-0.3, -0.25) is 0 Å². The largest absolute Gasteiger partial charge is 0.494 e. The highest BCUT2D eigenvalue weighted by atomic mass is 19.1. The van der Waals surface area contributed by atoms with E-state index in [1.54, 1.807) is 12.1 Å². The lowest BCUT2D eigenvalue weighted by Crippen LogP contribution is -2.13. The average Bonchev–Trinajstić information content (AvgIpc) is 2.55. The van der Waals surface area contributed by atoms with Gasteiger partial charge in [0.1, 0.15) is 11.6 Å². The Labute approximate surface area is 130 Å². The molecule has 0 saturated heterocycles. The minimum atomic E-state index is -0.367. The van der Waals surface area contributed by atoms with Crippen LogP contribution in [0.4, 0.5) is 4.39 Å². The Morgan fingerprint density at radius 3 is 2.41 bits per heavy atom. The summed E-state index contributed by atoms with van der Waals surface area (Å²) in [6.45, 7) is 3.88. The van der Waals surface area contributed by atoms with Gasteiger partial charge in [-0.2, -0.15) is 0 Å². The molecule has 3 nitrogen and oxygen atoms in total. The Balaban J connectivity index is 1.83. The first-order valence-corrected chi connectivity index (χ1v) is 7.53. The van der Waals surface area contributed by atoms with Crippen LogP contribution in [0.3, 0.4) is 0 Å². The van der Waals surface area contributed by atoms with Crippen LogP contribution in [0, 0.1) is 5.82 Å². The zero-order valence-electron chi connectivity index (χ0n) is 12.8. The zero-order chi connectivity index (χ0) is 15.8. The van der Waals surface area contributed by atoms with Gasteiger partial charge in [-0.15, -0.1) is 0 Å². The van der Waals surface area contributed by atoms with E-state index < -0.39 is 0 Å². The lowest BCUT2D eigenvalue weighted by molar-refractivity contribution is 0.275. The number of hydrogen-bond acceptors (Lipinski definition) is 3. The first kappa shape index (κ1) is 16.5. The van der Waals surface area contributed by atoms with Gasteiger partial charge in [0, 0.05) is 18.7 Å². The van der Waals surface area contributed by atoms with Crippen molar-refractivity contribution >= 4 is 0 Å². The van der Waals surface area contributed by atoms with E-state index in [-0.39, 0.29) is 12.4 Å². The quantitative estimate of drug-likeness (QED) is 0.785. The van der Waals surface area contributed by atoms with Gasteiger partial charge >= 0.3 is 0 Å². The molecular weight excluding hydrogens is 281 g/mol. The number of halogens is 1. The first-order valence-electron chi connectivity index (χ1n) is 7.53. The standard InChI is InChI=1S/C18H22FNO2/c1-2-9-22-17-6-3-14(4-7-17)11-20-12-15-5-8-18(19)16(10-15)13-21/h3-8,10,20-21H,2,9,11-13H2,1H3. The molecule has 0 amide bonds. The highest BCUT2D eigenvalue weighted by molar-refractivity contribution is 5.28. The molecule has 4 heteroatoms. The number of ether oxygens (including phenoxy) is 1. The number of aliphatic hydroxyl groups is 1. The Morgan fingerprint density at radius 2 is 1.73 bits per heavy atom. The van der Waals surface area contributed by atoms with Crippen LogP contribution in [0.2, 0.25) is 0 Å². The van der Waals surface area contributed by atoms with Crippen molar-refractivity contribution in [2.24, 2.45) is 0 Å². The SMILES string of the molecule is CCCOc1ccc(CNCc2ccc(F)c(CO)c2)cc1. The molecule has 118 valence electrons. The fraction of sp³-hybridized carbons (Fsp3) is 0.333. The Morgan fingerprint density at radius 1 is 1.05 bits per heavy atom. The van der Waals surface area contributed by atoms with E-state index in [4.69, 9.17) is 9.84 Å². The molecule has 0 heterocycles. The fourth-order valence-corrected chi connectivity index (χ4v) is 2.13. The molecule has 0 aliphatic heterocycles. The van der Waals surface area contributed by atoms with Gasteiger partial charge < -0.3 is 15.2 Å². The van der Waals surface area contributed by atoms with Crippen LogP contribution in [-0.2, 0) is 19.7 Å². The summed E-state index contributed by atoms with van der Waals surface area (Å²) >= 11 is 0. The molecular formula is C18H22FNO2. The van der Waals surface area contributed by atoms with E-state index in [1.807, 2.05) is 24.3 Å². The molecule has 2 aromatic rings. The minimum absolute atomic E-state index is 0.279. The molecule has 0 unspecified atom stereocenters. The summed E-state index contributed by atoms with van der Waals surface area (Å²) in [5.41, 5.74) is 2.44. The molecule has 0 aliphatic carbocycles. The smallest absolute Gasteiger partial charge is 0.128 e. The summed E-state index contributed by atoms with van der Waals surface area (Å²) in [5.74, 6) is 0.519. The molecule has 0 fully saturated rings. The van der Waals surface area contributed by atoms with Crippen LogP contribution >= 0.6 is 0 Å². The van der Waals surface area contributed by atoms with Gasteiger partial charge in [-0.25, -0.2) is 4.39 Å². The van der Waals surface area contributed by atoms with Crippen molar-refractivity contribution in [3.8, 4) is 5.75 Å². The summed E-state index contributed by atoms with van der Waals surface area (Å²) < 4.78 is 18.8. The van der Waals surface area contributed by atoms with Gasteiger partial charge in [0.15, 0.2) is 0 Å². The summed E-state index contributed by atoms with van der Waals surface area (Å²) in [5, 5.41) is 12.4. The second-order valence-corrected chi connectivity index (χ2v) is 5.18. The van der Waals surface area contributed by atoms with Gasteiger partial charge in [-0.1, -0.05) is 25.1 Å². The zero-order valence-corrected chi connectivity index (χ0v) is 12.8. The molecule has 22 heavy (non-hydrogen) atoms. The molecule has 0 bridgehead atoms. The number of aliphatic hydroxyl groups excluding tert-OH is 1. The fourth-order valence-electron chi connectivity index (χ4n) is 2.13. The van der Waals surface area contributed by atoms with Gasteiger partial charge in [0.2, 0.25) is 0 Å². The molecule has 2 N–H and O–H groups in total. The number of rotatable bonds is 8. The van der Waals surface area contributed by atoms with Crippen LogP contribution in [0.5, 0.6) is 5.75 Å². The third-order valence-electron chi connectivity index (χ3n) is 3.33. The summed E-state index contributed by atoms with van der Waals surface area (Å²) in [6.07, 6.45) is 0.997. The van der Waals surface area contributed by atoms with Crippen molar-refractivity contribution in [2.75, 3.05) is 6.61 Å². The van der Waals surface area contributed by atoms with Crippen LogP contribution < -0.4 is 10.1 Å². The highest BCUT2D eigenvalue weighted by Gasteiger charge is 2.02. The Bertz CT molecular complexity index is 584. The molecule has 0 saturated carbocycles. The number of benzene rings is 2. The van der Waals surface area contributed by atoms with E-state index >= 15 is 0 Å². The molecule has 0 spiro atoms. The van der Waals surface area contributed by atoms with Crippen LogP contribution in [0.25, 0.3) is 0 Å². The van der Waals surface area contributed by atoms with E-state index in [1.165, 1.54) is 6.07 Å². The normalized spacial score (nSPS) is 10.7. The molecule has 2 rings (SSSR count). The monoisotopic (exact) mass is 303 g/mol. The van der Waals surface area contributed by atoms with Crippen molar-refractivity contribution in [3.05, 3.63) is 65.0 Å². The van der Waals surface area contributed by atoms with Crippen molar-refractivity contribution < 1.29 is 14.2 Å².